The van der Waals surface area contributed by atoms with E-state index in [1.165, 1.54) is 0 Å². The highest BCUT2D eigenvalue weighted by atomic mass is 16.1. The first-order chi connectivity index (χ1) is 12.9. The van der Waals surface area contributed by atoms with Crippen molar-refractivity contribution in [3.63, 3.8) is 0 Å². The lowest BCUT2D eigenvalue weighted by atomic mass is 9.86. The quantitative estimate of drug-likeness (QED) is 0.722. The summed E-state index contributed by atoms with van der Waals surface area (Å²) in [6.45, 7) is 6.87. The Hall–Kier alpha value is -3.28. The number of hydrogen-bond donors (Lipinski definition) is 2. The van der Waals surface area contributed by atoms with Crippen molar-refractivity contribution in [2.75, 3.05) is 5.32 Å². The first-order valence-corrected chi connectivity index (χ1v) is 8.80. The van der Waals surface area contributed by atoms with Crippen LogP contribution in [0.4, 0.5) is 11.6 Å². The molecule has 0 bridgehead atoms. The summed E-state index contributed by atoms with van der Waals surface area (Å²) in [5.41, 5.74) is 3.35. The van der Waals surface area contributed by atoms with Crippen LogP contribution in [0.5, 0.6) is 0 Å². The summed E-state index contributed by atoms with van der Waals surface area (Å²) >= 11 is 0. The summed E-state index contributed by atoms with van der Waals surface area (Å²) in [7, 11) is 0. The fraction of sp³-hybridized carbons (Fsp3) is 0.238. The molecule has 1 amide bonds. The summed E-state index contributed by atoms with van der Waals surface area (Å²) in [6, 6.07) is 13.3. The summed E-state index contributed by atoms with van der Waals surface area (Å²) < 4.78 is 0. The van der Waals surface area contributed by atoms with Crippen molar-refractivity contribution in [3.05, 3.63) is 77.9 Å². The third kappa shape index (κ3) is 4.88. The molecule has 6 nitrogen and oxygen atoms in total. The number of hydrogen-bond acceptors (Lipinski definition) is 5. The second kappa shape index (κ2) is 7.95. The van der Waals surface area contributed by atoms with Crippen LogP contribution in [0.1, 0.15) is 42.4 Å². The summed E-state index contributed by atoms with van der Waals surface area (Å²) in [5, 5.41) is 6.09. The van der Waals surface area contributed by atoms with Gasteiger partial charge in [-0.25, -0.2) is 9.97 Å². The van der Waals surface area contributed by atoms with E-state index in [0.717, 1.165) is 16.8 Å². The van der Waals surface area contributed by atoms with Crippen LogP contribution in [0, 0.1) is 0 Å². The Labute approximate surface area is 159 Å². The van der Waals surface area contributed by atoms with Crippen LogP contribution in [-0.2, 0) is 12.0 Å². The molecular weight excluding hydrogens is 338 g/mol. The molecule has 0 saturated heterocycles. The molecule has 2 N–H and O–H groups in total. The van der Waals surface area contributed by atoms with E-state index in [1.807, 2.05) is 30.3 Å². The number of aromatic nitrogens is 3. The molecule has 6 heteroatoms. The highest BCUT2D eigenvalue weighted by Gasteiger charge is 2.18. The van der Waals surface area contributed by atoms with Gasteiger partial charge in [0.25, 0.3) is 5.91 Å². The van der Waals surface area contributed by atoms with Crippen molar-refractivity contribution in [1.29, 1.82) is 0 Å². The molecule has 0 saturated carbocycles. The van der Waals surface area contributed by atoms with Crippen molar-refractivity contribution >= 4 is 17.5 Å². The monoisotopic (exact) mass is 361 g/mol. The third-order valence-electron chi connectivity index (χ3n) is 4.07. The van der Waals surface area contributed by atoms with Crippen molar-refractivity contribution in [2.24, 2.45) is 0 Å². The molecule has 2 heterocycles. The molecule has 0 unspecified atom stereocenters. The Kier molecular flexibility index (Phi) is 5.45. The van der Waals surface area contributed by atoms with Crippen molar-refractivity contribution in [3.8, 4) is 0 Å². The normalized spacial score (nSPS) is 11.1. The Balaban J connectivity index is 1.74. The molecule has 0 spiro atoms. The van der Waals surface area contributed by atoms with Crippen molar-refractivity contribution in [2.45, 2.75) is 32.7 Å². The van der Waals surface area contributed by atoms with Crippen LogP contribution < -0.4 is 10.6 Å². The van der Waals surface area contributed by atoms with E-state index in [4.69, 9.17) is 0 Å². The molecule has 3 aromatic rings. The fourth-order valence-corrected chi connectivity index (χ4v) is 2.69. The first-order valence-electron chi connectivity index (χ1n) is 8.80. The summed E-state index contributed by atoms with van der Waals surface area (Å²) in [6.07, 6.45) is 4.97. The predicted molar refractivity (Wildman–Crippen MR) is 106 cm³/mol. The maximum atomic E-state index is 12.4. The topological polar surface area (TPSA) is 79.8 Å². The van der Waals surface area contributed by atoms with E-state index >= 15 is 0 Å². The highest BCUT2D eigenvalue weighted by Crippen LogP contribution is 2.30. The Morgan fingerprint density at radius 1 is 1.00 bits per heavy atom. The van der Waals surface area contributed by atoms with Gasteiger partial charge in [0.15, 0.2) is 0 Å². The van der Waals surface area contributed by atoms with Crippen molar-refractivity contribution < 1.29 is 4.79 Å². The number of pyridine rings is 1. The second-order valence-electron chi connectivity index (χ2n) is 7.22. The number of carbonyl (C=O) groups is 1. The molecule has 0 aliphatic carbocycles. The van der Waals surface area contributed by atoms with Gasteiger partial charge in [0.05, 0.1) is 0 Å². The fourth-order valence-electron chi connectivity index (χ4n) is 2.69. The van der Waals surface area contributed by atoms with E-state index in [2.05, 4.69) is 52.4 Å². The Morgan fingerprint density at radius 3 is 2.48 bits per heavy atom. The molecular formula is C21H23N5O. The van der Waals surface area contributed by atoms with Crippen LogP contribution in [0.15, 0.2) is 61.1 Å². The molecule has 0 radical (unpaired) electrons. The van der Waals surface area contributed by atoms with Gasteiger partial charge >= 0.3 is 0 Å². The number of para-hydroxylation sites is 1. The van der Waals surface area contributed by atoms with Crippen LogP contribution >= 0.6 is 0 Å². The lowest BCUT2D eigenvalue weighted by Gasteiger charge is -2.23. The van der Waals surface area contributed by atoms with E-state index in [-0.39, 0.29) is 11.3 Å². The lowest BCUT2D eigenvalue weighted by Crippen LogP contribution is -2.24. The minimum Gasteiger partial charge on any atom is -0.347 e. The average molecular weight is 361 g/mol. The number of rotatable bonds is 5. The Morgan fingerprint density at radius 2 is 1.74 bits per heavy atom. The molecule has 0 aliphatic rings. The van der Waals surface area contributed by atoms with E-state index in [0.29, 0.717) is 18.2 Å². The number of carbonyl (C=O) groups excluding carboxylic acids is 1. The van der Waals surface area contributed by atoms with Gasteiger partial charge in [0.2, 0.25) is 5.95 Å². The number of nitrogens with zero attached hydrogens (tertiary/aromatic N) is 3. The third-order valence-corrected chi connectivity index (χ3v) is 4.07. The van der Waals surface area contributed by atoms with Crippen molar-refractivity contribution in [1.82, 2.24) is 20.3 Å². The smallest absolute Gasteiger partial charge is 0.270 e. The van der Waals surface area contributed by atoms with Crippen LogP contribution in [0.25, 0.3) is 0 Å². The number of anilines is 2. The van der Waals surface area contributed by atoms with E-state index < -0.39 is 0 Å². The largest absolute Gasteiger partial charge is 0.347 e. The minimum atomic E-state index is -0.249. The summed E-state index contributed by atoms with van der Waals surface area (Å²) in [5.74, 6) is 0.143. The van der Waals surface area contributed by atoms with Gasteiger partial charge in [-0.1, -0.05) is 39.0 Å². The van der Waals surface area contributed by atoms with E-state index in [9.17, 15) is 4.79 Å². The van der Waals surface area contributed by atoms with Gasteiger partial charge in [-0.15, -0.1) is 0 Å². The van der Waals surface area contributed by atoms with E-state index in [1.54, 1.807) is 24.7 Å². The van der Waals surface area contributed by atoms with Crippen LogP contribution in [0.3, 0.4) is 0 Å². The molecule has 27 heavy (non-hydrogen) atoms. The van der Waals surface area contributed by atoms with Gasteiger partial charge in [0, 0.05) is 30.8 Å². The zero-order valence-corrected chi connectivity index (χ0v) is 15.7. The maximum Gasteiger partial charge on any atom is 0.270 e. The number of benzene rings is 1. The molecule has 2 aromatic heterocycles. The number of amides is 1. The summed E-state index contributed by atoms with van der Waals surface area (Å²) in [4.78, 5) is 25.0. The van der Waals surface area contributed by atoms with Crippen LogP contribution in [0.2, 0.25) is 0 Å². The average Bonchev–Trinajstić information content (AvgIpc) is 2.67. The Bertz CT molecular complexity index is 919. The highest BCUT2D eigenvalue weighted by molar-refractivity contribution is 5.92. The first kappa shape index (κ1) is 18.5. The minimum absolute atomic E-state index is 0.0247. The van der Waals surface area contributed by atoms with Crippen LogP contribution in [-0.4, -0.2) is 20.9 Å². The molecule has 0 atom stereocenters. The molecule has 1 aromatic carbocycles. The van der Waals surface area contributed by atoms with Gasteiger partial charge in [-0.2, -0.15) is 0 Å². The van der Waals surface area contributed by atoms with Gasteiger partial charge < -0.3 is 10.6 Å². The zero-order chi connectivity index (χ0) is 19.3. The second-order valence-corrected chi connectivity index (χ2v) is 7.22. The van der Waals surface area contributed by atoms with Gasteiger partial charge in [0.1, 0.15) is 5.69 Å². The van der Waals surface area contributed by atoms with Gasteiger partial charge in [-0.05, 0) is 40.8 Å². The SMILES string of the molecule is CC(C)(C)c1ccccc1Nc1nccc(C(=O)NCc2ccncc2)n1. The molecule has 0 aliphatic heterocycles. The molecule has 138 valence electrons. The predicted octanol–water partition coefficient (Wildman–Crippen LogP) is 3.84. The maximum absolute atomic E-state index is 12.4. The zero-order valence-electron chi connectivity index (χ0n) is 15.7. The lowest BCUT2D eigenvalue weighted by molar-refractivity contribution is 0.0946. The standard InChI is InChI=1S/C21H23N5O/c1-21(2,3)16-6-4-5-7-17(16)25-20-23-13-10-18(26-20)19(27)24-14-15-8-11-22-12-9-15/h4-13H,14H2,1-3H3,(H,24,27)(H,23,25,26). The molecule has 3 rings (SSSR count). The number of nitrogens with one attached hydrogen (secondary N) is 2. The van der Waals surface area contributed by atoms with Gasteiger partial charge in [-0.3, -0.25) is 9.78 Å². The molecule has 0 fully saturated rings.